The molecule has 3 fully saturated rings. The minimum Gasteiger partial charge on any atom is -0.507 e. The first-order valence-corrected chi connectivity index (χ1v) is 16.4. The fourth-order valence-corrected chi connectivity index (χ4v) is 7.43. The number of aromatic hydroxyl groups is 1. The van der Waals surface area contributed by atoms with Gasteiger partial charge in [-0.1, -0.05) is 43.0 Å². The van der Waals surface area contributed by atoms with Crippen molar-refractivity contribution in [3.05, 3.63) is 77.8 Å². The van der Waals surface area contributed by atoms with Gasteiger partial charge in [0.15, 0.2) is 0 Å². The normalized spacial score (nSPS) is 21.9. The summed E-state index contributed by atoms with van der Waals surface area (Å²) in [5.41, 5.74) is 20.9. The first-order valence-electron chi connectivity index (χ1n) is 16.4. The zero-order valence-electron chi connectivity index (χ0n) is 27.9. The van der Waals surface area contributed by atoms with Crippen LogP contribution >= 0.6 is 0 Å². The van der Waals surface area contributed by atoms with Crippen molar-refractivity contribution in [1.82, 2.24) is 14.9 Å². The number of aromatic nitrogens is 2. The number of nitrogens with zero attached hydrogens (tertiary/aromatic N) is 5. The third kappa shape index (κ3) is 7.83. The van der Waals surface area contributed by atoms with Gasteiger partial charge in [-0.15, -0.1) is 0 Å². The number of hydrogen-bond acceptors (Lipinski definition) is 10. The molecule has 2 aromatic rings. The average Bonchev–Trinajstić information content (AvgIpc) is 3.02. The van der Waals surface area contributed by atoms with Gasteiger partial charge < -0.3 is 41.3 Å². The number of carbonyl (C=O) groups excluding carboxylic acids is 1. The number of esters is 1. The number of phenolic OH excluding ortho intramolecular Hbond substituents is 1. The van der Waals surface area contributed by atoms with Crippen LogP contribution in [-0.2, 0) is 9.53 Å². The second kappa shape index (κ2) is 14.4. The largest absolute Gasteiger partial charge is 0.507 e. The van der Waals surface area contributed by atoms with E-state index in [2.05, 4.69) is 45.8 Å². The highest BCUT2D eigenvalue weighted by Crippen LogP contribution is 2.55. The number of para-hydroxylation sites is 1. The van der Waals surface area contributed by atoms with Crippen LogP contribution in [-0.4, -0.2) is 89.9 Å². The van der Waals surface area contributed by atoms with E-state index < -0.39 is 0 Å². The number of nitrogens with two attached hydrogens (primary N) is 3. The Balaban J connectivity index is 0.000000184. The summed E-state index contributed by atoms with van der Waals surface area (Å²) in [7, 11) is 1.50. The van der Waals surface area contributed by atoms with Gasteiger partial charge in [-0.3, -0.25) is 4.79 Å². The Morgan fingerprint density at radius 1 is 1.15 bits per heavy atom. The van der Waals surface area contributed by atoms with Crippen molar-refractivity contribution < 1.29 is 19.1 Å². The molecule has 0 bridgehead atoms. The molecular weight excluding hydrogens is 592 g/mol. The zero-order valence-corrected chi connectivity index (χ0v) is 27.9. The molecule has 11 nitrogen and oxygen atoms in total. The second-order valence-corrected chi connectivity index (χ2v) is 13.3. The Morgan fingerprint density at radius 2 is 1.83 bits per heavy atom. The Morgan fingerprint density at radius 3 is 2.45 bits per heavy atom. The van der Waals surface area contributed by atoms with E-state index in [1.807, 2.05) is 24.2 Å². The van der Waals surface area contributed by atoms with Crippen molar-refractivity contribution in [2.45, 2.75) is 33.1 Å². The van der Waals surface area contributed by atoms with Crippen molar-refractivity contribution in [1.29, 1.82) is 0 Å². The van der Waals surface area contributed by atoms with Crippen LogP contribution in [0.25, 0.3) is 5.70 Å². The fourth-order valence-electron chi connectivity index (χ4n) is 7.43. The van der Waals surface area contributed by atoms with Crippen molar-refractivity contribution in [3.63, 3.8) is 0 Å². The van der Waals surface area contributed by atoms with Crippen LogP contribution in [0.2, 0.25) is 0 Å². The first kappa shape index (κ1) is 33.7. The van der Waals surface area contributed by atoms with Crippen LogP contribution in [0.5, 0.6) is 5.75 Å². The standard InChI is InChI=1S/C19H24N4O.C17H25N4O2/c1-2-14-7-5-11-23(12-6-8-14)17(19(21)22)13-16(20)15-9-3-4-10-18(15)24;1-13-18-9-15(10-19-13)20-3-5-21(6-4-20)11-17(12-21)7-14(8-17)16(22)23-2/h3-5,7,9-10,13-14,24H,2,11-12,20-22H2,1H3;9-10,14H,3-8,11-12H2,1-2H3/q;+1/b7-5-,16-13-;. The Labute approximate surface area is 278 Å². The van der Waals surface area contributed by atoms with Gasteiger partial charge >= 0.3 is 5.97 Å². The summed E-state index contributed by atoms with van der Waals surface area (Å²) in [6, 6.07) is 6.87. The number of phenols is 1. The highest BCUT2D eigenvalue weighted by molar-refractivity contribution is 5.73. The number of allylic oxidation sites excluding steroid dienone is 2. The maximum absolute atomic E-state index is 11.6. The van der Waals surface area contributed by atoms with Crippen molar-refractivity contribution >= 4 is 17.4 Å². The minimum atomic E-state index is -0.0155. The number of hydrogen-bond donors (Lipinski definition) is 4. The molecule has 0 amide bonds. The van der Waals surface area contributed by atoms with Gasteiger partial charge in [0.25, 0.3) is 0 Å². The summed E-state index contributed by atoms with van der Waals surface area (Å²) >= 11 is 0. The molecule has 47 heavy (non-hydrogen) atoms. The van der Waals surface area contributed by atoms with Crippen LogP contribution in [0.4, 0.5) is 5.69 Å². The Kier molecular flexibility index (Phi) is 10.3. The molecule has 4 aliphatic rings. The summed E-state index contributed by atoms with van der Waals surface area (Å²) in [6.07, 6.45) is 12.8. The molecule has 0 radical (unpaired) electrons. The third-order valence-corrected chi connectivity index (χ3v) is 9.89. The van der Waals surface area contributed by atoms with Crippen LogP contribution in [0.1, 0.15) is 37.6 Å². The molecule has 7 N–H and O–H groups in total. The predicted molar refractivity (Wildman–Crippen MR) is 184 cm³/mol. The molecule has 1 aliphatic carbocycles. The summed E-state index contributed by atoms with van der Waals surface area (Å²) in [5.74, 6) is 7.90. The number of methoxy groups -OCH3 is 1. The highest BCUT2D eigenvalue weighted by Gasteiger charge is 2.63. The number of ether oxygens (including phenoxy) is 1. The monoisotopic (exact) mass is 641 g/mol. The van der Waals surface area contributed by atoms with E-state index in [1.54, 1.807) is 30.3 Å². The lowest BCUT2D eigenvalue weighted by Gasteiger charge is -2.64. The SMILES string of the molecule is CCC1C#CCN(C(/C=C(\N)c2ccccc2O)=C(N)N)C/C=C\1.COC(=O)C1CC2(C1)C[N+]1(CCN(c3cnc(C)nc3)CC1)C2. The summed E-state index contributed by atoms with van der Waals surface area (Å²) in [6.45, 7) is 12.2. The zero-order chi connectivity index (χ0) is 33.6. The second-order valence-electron chi connectivity index (χ2n) is 13.3. The van der Waals surface area contributed by atoms with Crippen LogP contribution in [0.3, 0.4) is 0 Å². The van der Waals surface area contributed by atoms with E-state index in [0.717, 1.165) is 43.9 Å². The molecule has 6 rings (SSSR count). The maximum Gasteiger partial charge on any atom is 0.308 e. The van der Waals surface area contributed by atoms with E-state index in [4.69, 9.17) is 21.9 Å². The summed E-state index contributed by atoms with van der Waals surface area (Å²) in [4.78, 5) is 24.5. The van der Waals surface area contributed by atoms with E-state index in [1.165, 1.54) is 37.8 Å². The average molecular weight is 642 g/mol. The molecule has 3 aliphatic heterocycles. The van der Waals surface area contributed by atoms with Gasteiger partial charge in [0.05, 0.1) is 88.0 Å². The number of quaternary nitrogens is 1. The van der Waals surface area contributed by atoms with Gasteiger partial charge in [0.1, 0.15) is 17.4 Å². The third-order valence-electron chi connectivity index (χ3n) is 9.89. The van der Waals surface area contributed by atoms with Gasteiger partial charge in [-0.05, 0) is 44.4 Å². The quantitative estimate of drug-likeness (QED) is 0.122. The van der Waals surface area contributed by atoms with Crippen LogP contribution in [0.15, 0.2) is 66.4 Å². The lowest BCUT2D eigenvalue weighted by atomic mass is 9.56. The molecule has 1 aromatic carbocycles. The van der Waals surface area contributed by atoms with Crippen molar-refractivity contribution in [2.75, 3.05) is 64.4 Å². The van der Waals surface area contributed by atoms with Gasteiger partial charge in [-0.25, -0.2) is 9.97 Å². The molecule has 1 aromatic heterocycles. The van der Waals surface area contributed by atoms with Gasteiger partial charge in [0.2, 0.25) is 0 Å². The molecule has 2 spiro atoms. The highest BCUT2D eigenvalue weighted by atomic mass is 16.5. The van der Waals surface area contributed by atoms with Gasteiger partial charge in [-0.2, -0.15) is 0 Å². The lowest BCUT2D eigenvalue weighted by molar-refractivity contribution is -0.987. The molecule has 1 unspecified atom stereocenters. The number of anilines is 1. The molecular formula is C36H49N8O3+. The Bertz CT molecular complexity index is 1560. The van der Waals surface area contributed by atoms with Crippen molar-refractivity contribution in [3.8, 4) is 17.6 Å². The molecule has 1 atom stereocenters. The van der Waals surface area contributed by atoms with Crippen LogP contribution in [0, 0.1) is 36.0 Å². The number of benzene rings is 1. The van der Waals surface area contributed by atoms with E-state index >= 15 is 0 Å². The van der Waals surface area contributed by atoms with E-state index in [9.17, 15) is 9.90 Å². The first-order chi connectivity index (χ1) is 22.6. The van der Waals surface area contributed by atoms with E-state index in [-0.39, 0.29) is 29.4 Å². The lowest BCUT2D eigenvalue weighted by Crippen LogP contribution is -2.77. The molecule has 11 heteroatoms. The predicted octanol–water partition coefficient (Wildman–Crippen LogP) is 2.68. The van der Waals surface area contributed by atoms with Crippen molar-refractivity contribution in [2.24, 2.45) is 34.5 Å². The number of rotatable bonds is 6. The number of piperazine rings is 1. The number of carbonyl (C=O) groups is 1. The van der Waals surface area contributed by atoms with Crippen LogP contribution < -0.4 is 22.1 Å². The maximum atomic E-state index is 11.6. The number of aryl methyl sites for hydroxylation is 1. The molecule has 2 saturated heterocycles. The molecule has 1 saturated carbocycles. The smallest absolute Gasteiger partial charge is 0.308 e. The van der Waals surface area contributed by atoms with E-state index in [0.29, 0.717) is 35.5 Å². The summed E-state index contributed by atoms with van der Waals surface area (Å²) in [5, 5.41) is 9.93. The Hall–Kier alpha value is -4.69. The molecule has 4 heterocycles. The topological polar surface area (TPSA) is 157 Å². The summed E-state index contributed by atoms with van der Waals surface area (Å²) < 4.78 is 6.10. The molecule has 250 valence electrons. The fraction of sp³-hybridized carbons (Fsp3) is 0.472. The van der Waals surface area contributed by atoms with Gasteiger partial charge in [0, 0.05) is 23.7 Å². The minimum absolute atomic E-state index is 0.0155.